The van der Waals surface area contributed by atoms with Gasteiger partial charge in [-0.05, 0) is 35.7 Å². The maximum absolute atomic E-state index is 12.0. The van der Waals surface area contributed by atoms with Crippen LogP contribution in [0.2, 0.25) is 0 Å². The topological polar surface area (TPSA) is 42.0 Å². The second kappa shape index (κ2) is 4.90. The number of hydrogen-bond acceptors (Lipinski definition) is 2. The summed E-state index contributed by atoms with van der Waals surface area (Å²) >= 11 is 0. The van der Waals surface area contributed by atoms with E-state index in [2.05, 4.69) is 10.3 Å². The molecule has 1 aromatic heterocycles. The standard InChI is InChI=1S/C16H12N2O/c19-16(12-4-2-1-3-5-12)18-15-7-6-14-11-17-9-8-13(14)10-15/h1-11H,(H,18,19). The number of nitrogens with one attached hydrogen (secondary N) is 1. The van der Waals surface area contributed by atoms with E-state index < -0.39 is 0 Å². The lowest BCUT2D eigenvalue weighted by atomic mass is 10.1. The number of fused-ring (bicyclic) bond motifs is 1. The van der Waals surface area contributed by atoms with Crippen molar-refractivity contribution in [2.75, 3.05) is 5.32 Å². The van der Waals surface area contributed by atoms with Gasteiger partial charge < -0.3 is 5.32 Å². The molecule has 3 rings (SSSR count). The van der Waals surface area contributed by atoms with E-state index in [0.29, 0.717) is 5.56 Å². The van der Waals surface area contributed by atoms with E-state index in [0.717, 1.165) is 16.5 Å². The molecule has 0 bridgehead atoms. The Labute approximate surface area is 110 Å². The van der Waals surface area contributed by atoms with Gasteiger partial charge in [0, 0.05) is 29.0 Å². The van der Waals surface area contributed by atoms with Gasteiger partial charge in [0.15, 0.2) is 0 Å². The van der Waals surface area contributed by atoms with Crippen LogP contribution in [0, 0.1) is 0 Å². The molecule has 0 unspecified atom stereocenters. The predicted molar refractivity (Wildman–Crippen MR) is 76.1 cm³/mol. The Bertz CT molecular complexity index is 723. The van der Waals surface area contributed by atoms with Crippen molar-refractivity contribution in [2.45, 2.75) is 0 Å². The highest BCUT2D eigenvalue weighted by Crippen LogP contribution is 2.18. The highest BCUT2D eigenvalue weighted by atomic mass is 16.1. The summed E-state index contributed by atoms with van der Waals surface area (Å²) in [7, 11) is 0. The van der Waals surface area contributed by atoms with Crippen LogP contribution in [0.3, 0.4) is 0 Å². The SMILES string of the molecule is O=C(Nc1ccc2cnccc2c1)c1ccccc1. The van der Waals surface area contributed by atoms with Crippen molar-refractivity contribution in [3.63, 3.8) is 0 Å². The van der Waals surface area contributed by atoms with Crippen LogP contribution in [-0.4, -0.2) is 10.9 Å². The van der Waals surface area contributed by atoms with Gasteiger partial charge in [0.1, 0.15) is 0 Å². The van der Waals surface area contributed by atoms with Crippen LogP contribution in [0.25, 0.3) is 10.8 Å². The molecule has 0 saturated carbocycles. The molecule has 3 heteroatoms. The van der Waals surface area contributed by atoms with Crippen molar-refractivity contribution in [3.8, 4) is 0 Å². The lowest BCUT2D eigenvalue weighted by Crippen LogP contribution is -2.11. The van der Waals surface area contributed by atoms with Crippen molar-refractivity contribution in [1.29, 1.82) is 0 Å². The molecule has 0 saturated heterocycles. The third kappa shape index (κ3) is 2.45. The number of carbonyl (C=O) groups excluding carboxylic acids is 1. The van der Waals surface area contributed by atoms with Gasteiger partial charge in [-0.15, -0.1) is 0 Å². The first-order valence-corrected chi connectivity index (χ1v) is 6.03. The summed E-state index contributed by atoms with van der Waals surface area (Å²) in [6, 6.07) is 16.9. The zero-order chi connectivity index (χ0) is 13.1. The summed E-state index contributed by atoms with van der Waals surface area (Å²) in [5, 5.41) is 5.00. The van der Waals surface area contributed by atoms with Crippen molar-refractivity contribution in [2.24, 2.45) is 0 Å². The highest BCUT2D eigenvalue weighted by molar-refractivity contribution is 6.05. The van der Waals surface area contributed by atoms with E-state index in [1.54, 1.807) is 24.5 Å². The number of benzene rings is 2. The fourth-order valence-corrected chi connectivity index (χ4v) is 1.95. The number of nitrogens with zero attached hydrogens (tertiary/aromatic N) is 1. The van der Waals surface area contributed by atoms with Crippen LogP contribution in [0.15, 0.2) is 67.0 Å². The summed E-state index contributed by atoms with van der Waals surface area (Å²) in [5.41, 5.74) is 1.44. The lowest BCUT2D eigenvalue weighted by Gasteiger charge is -2.06. The number of hydrogen-bond donors (Lipinski definition) is 1. The van der Waals surface area contributed by atoms with E-state index >= 15 is 0 Å². The van der Waals surface area contributed by atoms with Gasteiger partial charge in [0.25, 0.3) is 5.91 Å². The number of amides is 1. The number of rotatable bonds is 2. The average Bonchev–Trinajstić information content (AvgIpc) is 2.48. The molecular weight excluding hydrogens is 236 g/mol. The Morgan fingerprint density at radius 1 is 0.947 bits per heavy atom. The van der Waals surface area contributed by atoms with Crippen LogP contribution >= 0.6 is 0 Å². The van der Waals surface area contributed by atoms with E-state index in [9.17, 15) is 4.79 Å². The number of anilines is 1. The van der Waals surface area contributed by atoms with Crippen molar-refractivity contribution in [1.82, 2.24) is 4.98 Å². The van der Waals surface area contributed by atoms with Gasteiger partial charge in [-0.2, -0.15) is 0 Å². The minimum absolute atomic E-state index is 0.103. The maximum atomic E-state index is 12.0. The highest BCUT2D eigenvalue weighted by Gasteiger charge is 2.05. The number of aromatic nitrogens is 1. The Morgan fingerprint density at radius 3 is 2.63 bits per heavy atom. The largest absolute Gasteiger partial charge is 0.322 e. The molecule has 92 valence electrons. The molecule has 0 spiro atoms. The smallest absolute Gasteiger partial charge is 0.255 e. The fourth-order valence-electron chi connectivity index (χ4n) is 1.95. The van der Waals surface area contributed by atoms with Crippen molar-refractivity contribution >= 4 is 22.4 Å². The summed E-state index contributed by atoms with van der Waals surface area (Å²) in [4.78, 5) is 16.1. The molecule has 0 radical (unpaired) electrons. The summed E-state index contributed by atoms with van der Waals surface area (Å²) in [6.45, 7) is 0. The molecular formula is C16H12N2O. The minimum atomic E-state index is -0.103. The third-order valence-corrected chi connectivity index (χ3v) is 2.93. The second-order valence-corrected chi connectivity index (χ2v) is 4.26. The van der Waals surface area contributed by atoms with Crippen LogP contribution in [0.1, 0.15) is 10.4 Å². The van der Waals surface area contributed by atoms with Crippen molar-refractivity contribution < 1.29 is 4.79 Å². The normalized spacial score (nSPS) is 10.3. The van der Waals surface area contributed by atoms with Crippen LogP contribution in [0.4, 0.5) is 5.69 Å². The molecule has 0 atom stereocenters. The lowest BCUT2D eigenvalue weighted by molar-refractivity contribution is 0.102. The first-order valence-electron chi connectivity index (χ1n) is 6.03. The van der Waals surface area contributed by atoms with Gasteiger partial charge in [0.2, 0.25) is 0 Å². The number of pyridine rings is 1. The molecule has 3 nitrogen and oxygen atoms in total. The van der Waals surface area contributed by atoms with Crippen LogP contribution in [-0.2, 0) is 0 Å². The molecule has 1 amide bonds. The first-order chi connectivity index (χ1) is 9.33. The van der Waals surface area contributed by atoms with Gasteiger partial charge in [-0.3, -0.25) is 9.78 Å². The van der Waals surface area contributed by atoms with Crippen LogP contribution < -0.4 is 5.32 Å². The Kier molecular flexibility index (Phi) is 2.94. The van der Waals surface area contributed by atoms with Gasteiger partial charge in [0.05, 0.1) is 0 Å². The summed E-state index contributed by atoms with van der Waals surface area (Å²) < 4.78 is 0. The quantitative estimate of drug-likeness (QED) is 0.754. The molecule has 1 N–H and O–H groups in total. The Morgan fingerprint density at radius 2 is 1.79 bits per heavy atom. The van der Waals surface area contributed by atoms with E-state index in [4.69, 9.17) is 0 Å². The average molecular weight is 248 g/mol. The zero-order valence-corrected chi connectivity index (χ0v) is 10.2. The molecule has 0 fully saturated rings. The van der Waals surface area contributed by atoms with Crippen LogP contribution in [0.5, 0.6) is 0 Å². The maximum Gasteiger partial charge on any atom is 0.255 e. The number of carbonyl (C=O) groups is 1. The summed E-state index contributed by atoms with van der Waals surface area (Å²) in [6.07, 6.45) is 3.54. The predicted octanol–water partition coefficient (Wildman–Crippen LogP) is 3.49. The Balaban J connectivity index is 1.87. The molecule has 0 aliphatic heterocycles. The van der Waals surface area contributed by atoms with E-state index in [1.807, 2.05) is 42.5 Å². The molecule has 0 aliphatic rings. The van der Waals surface area contributed by atoms with E-state index in [-0.39, 0.29) is 5.91 Å². The molecule has 19 heavy (non-hydrogen) atoms. The van der Waals surface area contributed by atoms with Gasteiger partial charge in [-0.25, -0.2) is 0 Å². The molecule has 2 aromatic carbocycles. The molecule has 0 aliphatic carbocycles. The summed E-state index contributed by atoms with van der Waals surface area (Å²) in [5.74, 6) is -0.103. The monoisotopic (exact) mass is 248 g/mol. The van der Waals surface area contributed by atoms with Gasteiger partial charge >= 0.3 is 0 Å². The second-order valence-electron chi connectivity index (χ2n) is 4.26. The van der Waals surface area contributed by atoms with Gasteiger partial charge in [-0.1, -0.05) is 24.3 Å². The molecule has 1 heterocycles. The van der Waals surface area contributed by atoms with Crippen molar-refractivity contribution in [3.05, 3.63) is 72.6 Å². The third-order valence-electron chi connectivity index (χ3n) is 2.93. The molecule has 3 aromatic rings. The first kappa shape index (κ1) is 11.4. The van der Waals surface area contributed by atoms with E-state index in [1.165, 1.54) is 0 Å². The fraction of sp³-hybridized carbons (Fsp3) is 0. The minimum Gasteiger partial charge on any atom is -0.322 e. The zero-order valence-electron chi connectivity index (χ0n) is 10.2. The Hall–Kier alpha value is -2.68.